The first kappa shape index (κ1) is 23.5. The van der Waals surface area contributed by atoms with E-state index in [1.54, 1.807) is 0 Å². The van der Waals surface area contributed by atoms with Gasteiger partial charge in [-0.1, -0.05) is 128 Å². The van der Waals surface area contributed by atoms with Crippen molar-refractivity contribution in [3.63, 3.8) is 0 Å². The summed E-state index contributed by atoms with van der Waals surface area (Å²) in [5, 5.41) is 2.37. The molecule has 3 aliphatic rings. The first-order valence-electron chi connectivity index (χ1n) is 14.5. The smallest absolute Gasteiger partial charge is 0.159 e. The van der Waals surface area contributed by atoms with Gasteiger partial charge in [-0.25, -0.2) is 9.98 Å². The van der Waals surface area contributed by atoms with E-state index in [1.807, 2.05) is 18.2 Å². The highest BCUT2D eigenvalue weighted by atomic mass is 16.5. The first-order valence-corrected chi connectivity index (χ1v) is 14.5. The second-order valence-electron chi connectivity index (χ2n) is 11.4. The zero-order valence-corrected chi connectivity index (χ0v) is 23.1. The molecule has 0 bridgehead atoms. The van der Waals surface area contributed by atoms with Crippen molar-refractivity contribution in [2.24, 2.45) is 21.8 Å². The van der Waals surface area contributed by atoms with Gasteiger partial charge in [-0.2, -0.15) is 0 Å². The highest BCUT2D eigenvalue weighted by Crippen LogP contribution is 2.63. The lowest BCUT2D eigenvalue weighted by atomic mass is 10.0. The van der Waals surface area contributed by atoms with Crippen molar-refractivity contribution >= 4 is 45.5 Å². The minimum atomic E-state index is -0.548. The Morgan fingerprint density at radius 3 is 2.19 bits per heavy atom. The molecule has 6 aromatic rings. The number of rotatable bonds is 3. The fourth-order valence-electron chi connectivity index (χ4n) is 7.13. The van der Waals surface area contributed by atoms with Crippen LogP contribution in [0.3, 0.4) is 0 Å². The Balaban J connectivity index is 1.37. The molecule has 200 valence electrons. The zero-order valence-electron chi connectivity index (χ0n) is 23.1. The van der Waals surface area contributed by atoms with Crippen molar-refractivity contribution in [3.8, 4) is 11.5 Å². The molecule has 1 saturated carbocycles. The van der Waals surface area contributed by atoms with E-state index in [2.05, 4.69) is 127 Å². The number of hydrogen-bond donors (Lipinski definition) is 0. The second-order valence-corrected chi connectivity index (χ2v) is 11.4. The number of amidine groups is 1. The number of fused-ring (bicyclic) bond motifs is 7. The fraction of sp³-hybridized carbons (Fsp3) is 0.105. The average molecular weight is 542 g/mol. The summed E-state index contributed by atoms with van der Waals surface area (Å²) in [4.78, 5) is 10.8. The van der Waals surface area contributed by atoms with Crippen LogP contribution in [0, 0.1) is 11.8 Å². The lowest BCUT2D eigenvalue weighted by molar-refractivity contribution is 0.459. The second kappa shape index (κ2) is 8.64. The summed E-state index contributed by atoms with van der Waals surface area (Å²) in [5.41, 5.74) is 7.08. The van der Waals surface area contributed by atoms with Gasteiger partial charge in [-0.05, 0) is 17.7 Å². The van der Waals surface area contributed by atoms with Gasteiger partial charge in [0.25, 0.3) is 0 Å². The highest BCUT2D eigenvalue weighted by Gasteiger charge is 2.69. The van der Waals surface area contributed by atoms with Gasteiger partial charge < -0.3 is 9.30 Å². The number of para-hydroxylation sites is 2. The maximum absolute atomic E-state index is 6.84. The molecule has 5 aromatic carbocycles. The number of aromatic nitrogens is 1. The van der Waals surface area contributed by atoms with Crippen LogP contribution in [0.2, 0.25) is 0 Å². The lowest BCUT2D eigenvalue weighted by Crippen LogP contribution is -2.28. The van der Waals surface area contributed by atoms with Crippen molar-refractivity contribution in [1.82, 2.24) is 4.57 Å². The van der Waals surface area contributed by atoms with Crippen molar-refractivity contribution in [1.29, 1.82) is 0 Å². The third-order valence-electron chi connectivity index (χ3n) is 9.18. The Kier molecular flexibility index (Phi) is 4.83. The highest BCUT2D eigenvalue weighted by molar-refractivity contribution is 6.18. The summed E-state index contributed by atoms with van der Waals surface area (Å²) in [5.74, 6) is 2.85. The molecule has 0 saturated heterocycles. The molecule has 3 atom stereocenters. The van der Waals surface area contributed by atoms with E-state index >= 15 is 0 Å². The van der Waals surface area contributed by atoms with Crippen molar-refractivity contribution in [2.45, 2.75) is 12.6 Å². The predicted molar refractivity (Wildman–Crippen MR) is 171 cm³/mol. The van der Waals surface area contributed by atoms with E-state index in [-0.39, 0.29) is 11.8 Å². The van der Waals surface area contributed by atoms with Crippen molar-refractivity contribution < 1.29 is 4.74 Å². The molecule has 2 aliphatic heterocycles. The summed E-state index contributed by atoms with van der Waals surface area (Å²) < 4.78 is 9.32. The Morgan fingerprint density at radius 2 is 1.36 bits per heavy atom. The summed E-state index contributed by atoms with van der Waals surface area (Å²) >= 11 is 0. The van der Waals surface area contributed by atoms with Gasteiger partial charge in [0.15, 0.2) is 17.2 Å². The number of aliphatic imine (C=N–C) groups is 2. The summed E-state index contributed by atoms with van der Waals surface area (Å²) in [7, 11) is 0. The van der Waals surface area contributed by atoms with Crippen molar-refractivity contribution in [3.05, 3.63) is 144 Å². The number of benzene rings is 5. The topological polar surface area (TPSA) is 38.9 Å². The van der Waals surface area contributed by atoms with Gasteiger partial charge in [-0.15, -0.1) is 0 Å². The maximum Gasteiger partial charge on any atom is 0.159 e. The van der Waals surface area contributed by atoms with Crippen LogP contribution in [0.25, 0.3) is 34.0 Å². The molecule has 0 amide bonds. The molecular weight excluding hydrogens is 514 g/mol. The van der Waals surface area contributed by atoms with Crippen LogP contribution in [0.1, 0.15) is 29.2 Å². The van der Waals surface area contributed by atoms with E-state index in [0.717, 1.165) is 56.3 Å². The third-order valence-corrected chi connectivity index (χ3v) is 9.18. The molecule has 3 unspecified atom stereocenters. The number of ether oxygens (including phenoxy) is 1. The first-order chi connectivity index (χ1) is 20.7. The van der Waals surface area contributed by atoms with Gasteiger partial charge in [0.1, 0.15) is 5.75 Å². The average Bonchev–Trinajstić information content (AvgIpc) is 3.58. The SMILES string of the molecule is CC1C2C(c3ccccc3)=NC(c3ccccc3)=NC12n1c2ccccc2c2ccc3c(c21)Oc1ccccc1C=C3. The van der Waals surface area contributed by atoms with Crippen LogP contribution in [-0.2, 0) is 5.66 Å². The number of hydrogen-bond acceptors (Lipinski definition) is 3. The largest absolute Gasteiger partial charge is 0.454 e. The molecule has 3 heterocycles. The Morgan fingerprint density at radius 1 is 0.667 bits per heavy atom. The summed E-state index contributed by atoms with van der Waals surface area (Å²) in [6.07, 6.45) is 4.32. The van der Waals surface area contributed by atoms with Gasteiger partial charge in [0.05, 0.1) is 22.7 Å². The lowest BCUT2D eigenvalue weighted by Gasteiger charge is -2.25. The van der Waals surface area contributed by atoms with Crippen LogP contribution in [0.4, 0.5) is 0 Å². The van der Waals surface area contributed by atoms with Crippen molar-refractivity contribution in [2.75, 3.05) is 0 Å². The van der Waals surface area contributed by atoms with Crippen LogP contribution in [-0.4, -0.2) is 16.1 Å². The van der Waals surface area contributed by atoms with Crippen LogP contribution in [0.5, 0.6) is 11.5 Å². The van der Waals surface area contributed by atoms with E-state index in [9.17, 15) is 0 Å². The van der Waals surface area contributed by atoms with E-state index in [0.29, 0.717) is 0 Å². The molecule has 1 aromatic heterocycles. The molecule has 9 rings (SSSR count). The molecule has 0 spiro atoms. The minimum absolute atomic E-state index is 0.121. The molecule has 1 aliphatic carbocycles. The predicted octanol–water partition coefficient (Wildman–Crippen LogP) is 8.94. The molecule has 1 fully saturated rings. The summed E-state index contributed by atoms with van der Waals surface area (Å²) in [6.45, 7) is 2.32. The molecule has 4 heteroatoms. The fourth-order valence-corrected chi connectivity index (χ4v) is 7.13. The maximum atomic E-state index is 6.84. The zero-order chi connectivity index (χ0) is 27.8. The van der Waals surface area contributed by atoms with Crippen LogP contribution in [0.15, 0.2) is 131 Å². The molecule has 0 radical (unpaired) electrons. The van der Waals surface area contributed by atoms with Crippen LogP contribution >= 0.6 is 0 Å². The third kappa shape index (κ3) is 3.18. The van der Waals surface area contributed by atoms with E-state index in [4.69, 9.17) is 14.7 Å². The molecular formula is C38H27N3O. The summed E-state index contributed by atoms with van der Waals surface area (Å²) in [6, 6.07) is 42.3. The Hall–Kier alpha value is -5.22. The quantitative estimate of drug-likeness (QED) is 0.220. The van der Waals surface area contributed by atoms with Crippen LogP contribution < -0.4 is 4.74 Å². The van der Waals surface area contributed by atoms with Gasteiger partial charge >= 0.3 is 0 Å². The Bertz CT molecular complexity index is 2140. The van der Waals surface area contributed by atoms with E-state index < -0.39 is 5.66 Å². The van der Waals surface area contributed by atoms with Gasteiger partial charge in [-0.3, -0.25) is 0 Å². The molecule has 4 nitrogen and oxygen atoms in total. The monoisotopic (exact) mass is 541 g/mol. The van der Waals surface area contributed by atoms with E-state index in [1.165, 1.54) is 10.8 Å². The van der Waals surface area contributed by atoms with Gasteiger partial charge in [0, 0.05) is 33.4 Å². The molecule has 0 N–H and O–H groups in total. The number of nitrogens with zero attached hydrogens (tertiary/aromatic N) is 3. The standard InChI is InChI=1S/C38H27N3O/c1-24-33-34(26-13-4-2-5-14-26)39-37(28-15-6-3-7-16-28)40-38(24,33)41-31-18-10-9-17-29(31)30-23-22-27-21-20-25-12-8-11-19-32(25)42-36(27)35(30)41/h2-24,33H,1H3. The Labute approximate surface area is 244 Å². The van der Waals surface area contributed by atoms with Gasteiger partial charge in [0.2, 0.25) is 0 Å². The normalized spacial score (nSPS) is 21.9. The molecule has 42 heavy (non-hydrogen) atoms. The minimum Gasteiger partial charge on any atom is -0.454 e.